The van der Waals surface area contributed by atoms with E-state index in [4.69, 9.17) is 46.0 Å². The fourth-order valence-corrected chi connectivity index (χ4v) is 3.18. The third kappa shape index (κ3) is 45.6. The zero-order valence-corrected chi connectivity index (χ0v) is 31.6. The van der Waals surface area contributed by atoms with Crippen LogP contribution in [0, 0.1) is 24.7 Å². The second-order valence-electron chi connectivity index (χ2n) is 14.8. The van der Waals surface area contributed by atoms with E-state index in [1.54, 1.807) is 7.11 Å². The monoisotopic (exact) mass is 632 g/mol. The predicted molar refractivity (Wildman–Crippen MR) is 181 cm³/mol. The largest absolute Gasteiger partial charge is 0.359 e. The van der Waals surface area contributed by atoms with Crippen molar-refractivity contribution in [3.63, 3.8) is 0 Å². The van der Waals surface area contributed by atoms with Crippen LogP contribution in [0.15, 0.2) is 0 Å². The number of hydrogen-bond acceptors (Lipinski definition) is 8. The van der Waals surface area contributed by atoms with Crippen molar-refractivity contribution in [1.29, 1.82) is 0 Å². The summed E-state index contributed by atoms with van der Waals surface area (Å²) in [5.74, 6) is 4.83. The molecule has 9 heteroatoms. The summed E-state index contributed by atoms with van der Waals surface area (Å²) < 4.78 is 41.8. The zero-order valence-electron chi connectivity index (χ0n) is 30.6. The highest BCUT2D eigenvalue weighted by molar-refractivity contribution is 6.76. The van der Waals surface area contributed by atoms with E-state index in [1.165, 1.54) is 18.9 Å². The van der Waals surface area contributed by atoms with E-state index in [9.17, 15) is 0 Å². The van der Waals surface area contributed by atoms with E-state index < -0.39 is 13.7 Å². The molecule has 0 saturated carbocycles. The van der Waals surface area contributed by atoms with Gasteiger partial charge < -0.3 is 37.9 Å². The fourth-order valence-electron chi connectivity index (χ4n) is 2.42. The third-order valence-electron chi connectivity index (χ3n) is 4.84. The Labute approximate surface area is 267 Å². The molecule has 8 nitrogen and oxygen atoms in total. The lowest BCUT2D eigenvalue weighted by Gasteiger charge is -2.29. The lowest BCUT2D eigenvalue weighted by molar-refractivity contribution is -0.210. The van der Waals surface area contributed by atoms with E-state index in [2.05, 4.69) is 57.0 Å². The maximum Gasteiger partial charge on any atom is 0.158 e. The van der Waals surface area contributed by atoms with Crippen LogP contribution in [0.3, 0.4) is 0 Å². The van der Waals surface area contributed by atoms with Crippen molar-refractivity contribution in [1.82, 2.24) is 0 Å². The van der Waals surface area contributed by atoms with Crippen LogP contribution in [0.5, 0.6) is 0 Å². The third-order valence-corrected chi connectivity index (χ3v) is 6.54. The Morgan fingerprint density at radius 2 is 1.28 bits per heavy atom. The van der Waals surface area contributed by atoms with Gasteiger partial charge in [-0.25, -0.2) is 0 Å². The summed E-state index contributed by atoms with van der Waals surface area (Å²) in [5, 5.41) is 0. The molecular weight excluding hydrogens is 564 g/mol. The van der Waals surface area contributed by atoms with Crippen LogP contribution >= 0.6 is 0 Å². The number of methoxy groups -OCH3 is 1. The summed E-state index contributed by atoms with van der Waals surface area (Å²) in [6, 6.07) is 1.21. The fraction of sp³-hybridized carbons (Fsp3) is 0.882. The molecule has 1 rings (SSSR count). The minimum Gasteiger partial charge on any atom is -0.359 e. The summed E-state index contributed by atoms with van der Waals surface area (Å²) in [6.07, 6.45) is 13.6. The molecular formula is C34H68O8Si. The van der Waals surface area contributed by atoms with Gasteiger partial charge in [0.1, 0.15) is 32.6 Å². The summed E-state index contributed by atoms with van der Waals surface area (Å²) in [5.41, 5.74) is -0.800. The van der Waals surface area contributed by atoms with Gasteiger partial charge in [0.25, 0.3) is 0 Å². The quantitative estimate of drug-likeness (QED) is 0.0932. The zero-order chi connectivity index (χ0) is 34.2. The Hall–Kier alpha value is -0.983. The van der Waals surface area contributed by atoms with E-state index in [0.29, 0.717) is 13.4 Å². The molecule has 0 aromatic heterocycles. The maximum absolute atomic E-state index is 5.66. The van der Waals surface area contributed by atoms with Gasteiger partial charge in [-0.1, -0.05) is 31.5 Å². The van der Waals surface area contributed by atoms with Crippen molar-refractivity contribution in [3.8, 4) is 24.7 Å². The SMILES string of the molecule is C#CC(C)(C)OCOC.C#CCOCOC(C)(C)C.CC(C)(C)OC1CCCCO1.CC(C)(C)OCOCC[Si](C)(C)C. The van der Waals surface area contributed by atoms with E-state index >= 15 is 0 Å². The Morgan fingerprint density at radius 3 is 1.65 bits per heavy atom. The number of hydrogen-bond donors (Lipinski definition) is 0. The first kappa shape index (κ1) is 46.4. The Morgan fingerprint density at radius 1 is 0.744 bits per heavy atom. The van der Waals surface area contributed by atoms with Gasteiger partial charge in [0.2, 0.25) is 0 Å². The molecule has 0 aromatic carbocycles. The molecule has 0 spiro atoms. The van der Waals surface area contributed by atoms with Gasteiger partial charge in [0, 0.05) is 28.4 Å². The van der Waals surface area contributed by atoms with Crippen molar-refractivity contribution in [2.45, 2.75) is 150 Å². The minimum atomic E-state index is -0.934. The number of ether oxygens (including phenoxy) is 8. The lowest BCUT2D eigenvalue weighted by atomic mass is 10.1. The van der Waals surface area contributed by atoms with Crippen molar-refractivity contribution >= 4 is 8.07 Å². The van der Waals surface area contributed by atoms with E-state index in [1.807, 2.05) is 55.4 Å². The average molecular weight is 633 g/mol. The molecule has 0 N–H and O–H groups in total. The van der Waals surface area contributed by atoms with Crippen molar-refractivity contribution in [3.05, 3.63) is 0 Å². The molecule has 1 heterocycles. The molecule has 1 unspecified atom stereocenters. The second kappa shape index (κ2) is 24.3. The highest BCUT2D eigenvalue weighted by Crippen LogP contribution is 2.19. The van der Waals surface area contributed by atoms with Crippen LogP contribution < -0.4 is 0 Å². The minimum absolute atomic E-state index is 0.0451. The topological polar surface area (TPSA) is 73.8 Å². The van der Waals surface area contributed by atoms with Gasteiger partial charge in [0.15, 0.2) is 6.29 Å². The lowest BCUT2D eigenvalue weighted by Crippen LogP contribution is -2.31. The summed E-state index contributed by atoms with van der Waals surface area (Å²) >= 11 is 0. The Balaban J connectivity index is -0.000000501. The number of rotatable bonds is 12. The van der Waals surface area contributed by atoms with E-state index in [-0.39, 0.29) is 36.7 Å². The van der Waals surface area contributed by atoms with Crippen LogP contribution in [0.1, 0.15) is 95.4 Å². The molecule has 1 saturated heterocycles. The molecule has 1 atom stereocenters. The summed E-state index contributed by atoms with van der Waals surface area (Å²) in [6.45, 7) is 31.8. The van der Waals surface area contributed by atoms with Crippen molar-refractivity contribution in [2.24, 2.45) is 0 Å². The molecule has 1 fully saturated rings. The predicted octanol–water partition coefficient (Wildman–Crippen LogP) is 7.87. The standard InChI is InChI=1S/C10H24O2Si.C9H18O2.C8H14O2.C7H12O2/c1-10(2,3)12-9-11-7-8-13(4,5)6;1-9(2,3)11-8-6-4-5-7-10-8;1-5-6-9-7-10-8(2,3)4;1-5-7(2,3)9-6-8-4/h7-9H2,1-6H3;8H,4-7H2,1-3H3;1H,6-7H2,2-4H3;1H,6H2,2-4H3. The second-order valence-corrected chi connectivity index (χ2v) is 20.4. The average Bonchev–Trinajstić information content (AvgIpc) is 2.84. The molecule has 1 aliphatic rings. The van der Waals surface area contributed by atoms with Gasteiger partial charge in [-0.05, 0) is 101 Å². The molecule has 0 aliphatic carbocycles. The van der Waals surface area contributed by atoms with Gasteiger partial charge in [-0.3, -0.25) is 0 Å². The summed E-state index contributed by atoms with van der Waals surface area (Å²) in [7, 11) is 0.628. The molecule has 0 radical (unpaired) electrons. The number of terminal acetylenes is 2. The van der Waals surface area contributed by atoms with Crippen molar-refractivity contribution < 1.29 is 37.9 Å². The molecule has 256 valence electrons. The first-order valence-corrected chi connectivity index (χ1v) is 18.9. The van der Waals surface area contributed by atoms with Gasteiger partial charge in [-0.2, -0.15) is 0 Å². The molecule has 0 amide bonds. The molecule has 0 bridgehead atoms. The molecule has 1 aliphatic heterocycles. The van der Waals surface area contributed by atoms with Gasteiger partial charge >= 0.3 is 0 Å². The highest BCUT2D eigenvalue weighted by atomic mass is 28.3. The van der Waals surface area contributed by atoms with Crippen LogP contribution in [0.2, 0.25) is 25.7 Å². The van der Waals surface area contributed by atoms with E-state index in [0.717, 1.165) is 19.6 Å². The first-order valence-electron chi connectivity index (χ1n) is 15.2. The summed E-state index contributed by atoms with van der Waals surface area (Å²) in [4.78, 5) is 0. The Kier molecular flexibility index (Phi) is 26.2. The van der Waals surface area contributed by atoms with Crippen LogP contribution in [-0.4, -0.2) is 84.1 Å². The van der Waals surface area contributed by atoms with Crippen LogP contribution in [0.4, 0.5) is 0 Å². The van der Waals surface area contributed by atoms with Gasteiger partial charge in [-0.15, -0.1) is 12.8 Å². The van der Waals surface area contributed by atoms with Crippen LogP contribution in [0.25, 0.3) is 0 Å². The Bertz CT molecular complexity index is 706. The molecule has 43 heavy (non-hydrogen) atoms. The maximum atomic E-state index is 5.66. The highest BCUT2D eigenvalue weighted by Gasteiger charge is 2.21. The first-order chi connectivity index (χ1) is 19.5. The van der Waals surface area contributed by atoms with Crippen LogP contribution in [-0.2, 0) is 37.9 Å². The smallest absolute Gasteiger partial charge is 0.158 e. The molecule has 0 aromatic rings. The van der Waals surface area contributed by atoms with Crippen molar-refractivity contribution in [2.75, 3.05) is 47.3 Å². The van der Waals surface area contributed by atoms with Gasteiger partial charge in [0.05, 0.1) is 16.8 Å². The normalized spacial score (nSPS) is 15.8.